The predicted octanol–water partition coefficient (Wildman–Crippen LogP) is 5.99. The topological polar surface area (TPSA) is 52.1 Å². The van der Waals surface area contributed by atoms with E-state index in [4.69, 9.17) is 4.74 Å². The third-order valence-electron chi connectivity index (χ3n) is 5.67. The van der Waals surface area contributed by atoms with E-state index in [0.717, 1.165) is 49.1 Å². The van der Waals surface area contributed by atoms with Gasteiger partial charge in [0.05, 0.1) is 5.92 Å². The van der Waals surface area contributed by atoms with Crippen molar-refractivity contribution in [3.05, 3.63) is 55.6 Å². The number of unbranched alkanes of at least 4 members (excludes halogenated alkanes) is 3. The van der Waals surface area contributed by atoms with E-state index in [-0.39, 0.29) is 11.9 Å². The first-order valence-electron chi connectivity index (χ1n) is 10.4. The molecule has 1 aliphatic carbocycles. The van der Waals surface area contributed by atoms with Gasteiger partial charge in [-0.3, -0.25) is 4.79 Å². The van der Waals surface area contributed by atoms with Crippen LogP contribution >= 0.6 is 0 Å². The fourth-order valence-corrected chi connectivity index (χ4v) is 3.95. The van der Waals surface area contributed by atoms with E-state index in [1.165, 1.54) is 32.0 Å². The molecule has 1 fully saturated rings. The zero-order chi connectivity index (χ0) is 19.6. The number of ether oxygens (including phenoxy) is 1. The molecule has 0 bridgehead atoms. The maximum Gasteiger partial charge on any atom is 0.314 e. The first-order valence-corrected chi connectivity index (χ1v) is 10.4. The van der Waals surface area contributed by atoms with Crippen molar-refractivity contribution in [1.82, 2.24) is 9.97 Å². The number of carbonyl (C=O) groups excluding carboxylic acids is 1. The Kier molecular flexibility index (Phi) is 7.77. The smallest absolute Gasteiger partial charge is 0.314 e. The molecule has 1 heterocycles. The Bertz CT molecular complexity index is 735. The molecule has 1 aliphatic rings. The molecular formula is C24H30N2O2. The van der Waals surface area contributed by atoms with Crippen molar-refractivity contribution in [2.24, 2.45) is 11.8 Å². The highest BCUT2D eigenvalue weighted by Gasteiger charge is 2.27. The molecular weight excluding hydrogens is 348 g/mol. The zero-order valence-corrected chi connectivity index (χ0v) is 16.6. The van der Waals surface area contributed by atoms with E-state index in [9.17, 15) is 4.79 Å². The molecule has 1 aromatic carbocycles. The Balaban J connectivity index is 1.41. The summed E-state index contributed by atoms with van der Waals surface area (Å²) >= 11 is 0. The minimum atomic E-state index is -0.0831. The monoisotopic (exact) mass is 378 g/mol. The summed E-state index contributed by atoms with van der Waals surface area (Å²) in [5.41, 5.74) is 1.96. The van der Waals surface area contributed by atoms with Crippen LogP contribution in [0.15, 0.2) is 55.6 Å². The Morgan fingerprint density at radius 2 is 1.71 bits per heavy atom. The van der Waals surface area contributed by atoms with Gasteiger partial charge in [0.15, 0.2) is 0 Å². The largest absolute Gasteiger partial charge is 0.426 e. The maximum atomic E-state index is 12.5. The van der Waals surface area contributed by atoms with Gasteiger partial charge in [-0.1, -0.05) is 37.5 Å². The van der Waals surface area contributed by atoms with Crippen molar-refractivity contribution in [3.8, 4) is 16.9 Å². The first-order chi connectivity index (χ1) is 13.8. The second-order valence-electron chi connectivity index (χ2n) is 7.72. The molecule has 148 valence electrons. The van der Waals surface area contributed by atoms with E-state index in [2.05, 4.69) is 16.5 Å². The molecule has 0 atom stereocenters. The fraction of sp³-hybridized carbons (Fsp3) is 0.458. The van der Waals surface area contributed by atoms with Crippen LogP contribution in [0.5, 0.6) is 5.75 Å². The Hall–Kier alpha value is -2.49. The molecule has 4 heteroatoms. The predicted molar refractivity (Wildman–Crippen MR) is 112 cm³/mol. The third-order valence-corrected chi connectivity index (χ3v) is 5.67. The summed E-state index contributed by atoms with van der Waals surface area (Å²) in [6, 6.07) is 7.55. The number of allylic oxidation sites excluding steroid dienone is 1. The van der Waals surface area contributed by atoms with Gasteiger partial charge in [0.1, 0.15) is 12.1 Å². The number of hydrogen-bond acceptors (Lipinski definition) is 4. The van der Waals surface area contributed by atoms with Crippen LogP contribution in [-0.2, 0) is 4.79 Å². The molecule has 4 nitrogen and oxygen atoms in total. The summed E-state index contributed by atoms with van der Waals surface area (Å²) in [7, 11) is 0. The van der Waals surface area contributed by atoms with Crippen molar-refractivity contribution in [1.29, 1.82) is 0 Å². The van der Waals surface area contributed by atoms with Crippen LogP contribution in [0.25, 0.3) is 11.1 Å². The maximum absolute atomic E-state index is 12.5. The molecule has 0 saturated heterocycles. The summed E-state index contributed by atoms with van der Waals surface area (Å²) in [5, 5.41) is 0. The van der Waals surface area contributed by atoms with Gasteiger partial charge >= 0.3 is 5.97 Å². The SMILES string of the molecule is C=CCCCCCC1CCC(C(=O)Oc2ccc(-c3cncnc3)cc2)CC1. The van der Waals surface area contributed by atoms with Crippen LogP contribution in [0.4, 0.5) is 0 Å². The van der Waals surface area contributed by atoms with Crippen molar-refractivity contribution in [3.63, 3.8) is 0 Å². The normalized spacial score (nSPS) is 19.1. The Labute approximate surface area is 168 Å². The number of rotatable bonds is 9. The van der Waals surface area contributed by atoms with Gasteiger partial charge in [0.2, 0.25) is 0 Å². The lowest BCUT2D eigenvalue weighted by Gasteiger charge is -2.27. The fourth-order valence-electron chi connectivity index (χ4n) is 3.95. The van der Waals surface area contributed by atoms with E-state index < -0.39 is 0 Å². The summed E-state index contributed by atoms with van der Waals surface area (Å²) in [6.45, 7) is 3.77. The van der Waals surface area contributed by atoms with Gasteiger partial charge in [0, 0.05) is 18.0 Å². The van der Waals surface area contributed by atoms with Crippen LogP contribution in [-0.4, -0.2) is 15.9 Å². The van der Waals surface area contributed by atoms with Gasteiger partial charge < -0.3 is 4.74 Å². The standard InChI is InChI=1S/C24H30N2O2/c1-2-3-4-5-6-7-19-8-10-21(11-9-19)24(27)28-23-14-12-20(13-15-23)22-16-25-18-26-17-22/h2,12-19,21H,1,3-11H2. The Morgan fingerprint density at radius 3 is 2.39 bits per heavy atom. The van der Waals surface area contributed by atoms with E-state index in [1.54, 1.807) is 12.4 Å². The molecule has 3 rings (SSSR count). The minimum Gasteiger partial charge on any atom is -0.426 e. The van der Waals surface area contributed by atoms with Crippen molar-refractivity contribution < 1.29 is 9.53 Å². The van der Waals surface area contributed by atoms with Crippen molar-refractivity contribution >= 4 is 5.97 Å². The lowest BCUT2D eigenvalue weighted by molar-refractivity contribution is -0.140. The second kappa shape index (κ2) is 10.7. The van der Waals surface area contributed by atoms with Crippen molar-refractivity contribution in [2.45, 2.75) is 57.8 Å². The van der Waals surface area contributed by atoms with Crippen molar-refractivity contribution in [2.75, 3.05) is 0 Å². The number of carbonyl (C=O) groups is 1. The van der Waals surface area contributed by atoms with E-state index >= 15 is 0 Å². The van der Waals surface area contributed by atoms with Gasteiger partial charge in [-0.15, -0.1) is 6.58 Å². The second-order valence-corrected chi connectivity index (χ2v) is 7.72. The van der Waals surface area contributed by atoms with Crippen LogP contribution in [0, 0.1) is 11.8 Å². The lowest BCUT2D eigenvalue weighted by Crippen LogP contribution is -2.25. The minimum absolute atomic E-state index is 0.0409. The first kappa shape index (κ1) is 20.2. The van der Waals surface area contributed by atoms with Gasteiger partial charge in [0.25, 0.3) is 0 Å². The quantitative estimate of drug-likeness (QED) is 0.233. The summed E-state index contributed by atoms with van der Waals surface area (Å²) < 4.78 is 5.63. The van der Waals surface area contributed by atoms with Crippen LogP contribution in [0.2, 0.25) is 0 Å². The highest BCUT2D eigenvalue weighted by atomic mass is 16.5. The third kappa shape index (κ3) is 6.01. The number of nitrogens with zero attached hydrogens (tertiary/aromatic N) is 2. The molecule has 0 amide bonds. The zero-order valence-electron chi connectivity index (χ0n) is 16.6. The average molecular weight is 379 g/mol. The Morgan fingerprint density at radius 1 is 1.00 bits per heavy atom. The number of hydrogen-bond donors (Lipinski definition) is 0. The molecule has 2 aromatic rings. The van der Waals surface area contributed by atoms with Crippen LogP contribution in [0.3, 0.4) is 0 Å². The molecule has 28 heavy (non-hydrogen) atoms. The summed E-state index contributed by atoms with van der Waals surface area (Å²) in [6.07, 6.45) is 17.5. The average Bonchev–Trinajstić information content (AvgIpc) is 2.75. The lowest BCUT2D eigenvalue weighted by atomic mass is 9.80. The molecule has 0 unspecified atom stereocenters. The molecule has 0 spiro atoms. The highest BCUT2D eigenvalue weighted by molar-refractivity contribution is 5.75. The number of esters is 1. The molecule has 1 aromatic heterocycles. The van der Waals surface area contributed by atoms with Gasteiger partial charge in [-0.25, -0.2) is 9.97 Å². The van der Waals surface area contributed by atoms with Gasteiger partial charge in [-0.2, -0.15) is 0 Å². The summed E-state index contributed by atoms with van der Waals surface area (Å²) in [5.74, 6) is 1.34. The summed E-state index contributed by atoms with van der Waals surface area (Å²) in [4.78, 5) is 20.6. The number of aromatic nitrogens is 2. The highest BCUT2D eigenvalue weighted by Crippen LogP contribution is 2.33. The molecule has 0 aliphatic heterocycles. The van der Waals surface area contributed by atoms with Crippen LogP contribution < -0.4 is 4.74 Å². The van der Waals surface area contributed by atoms with Gasteiger partial charge in [-0.05, 0) is 62.1 Å². The number of benzene rings is 1. The van der Waals surface area contributed by atoms with E-state index in [0.29, 0.717) is 5.75 Å². The molecule has 1 saturated carbocycles. The van der Waals surface area contributed by atoms with Crippen LogP contribution in [0.1, 0.15) is 57.8 Å². The van der Waals surface area contributed by atoms with E-state index in [1.807, 2.05) is 30.3 Å². The molecule has 0 N–H and O–H groups in total. The molecule has 0 radical (unpaired) electrons.